The van der Waals surface area contributed by atoms with Crippen LogP contribution in [0.4, 0.5) is 5.82 Å². The van der Waals surface area contributed by atoms with Crippen molar-refractivity contribution < 1.29 is 9.53 Å². The van der Waals surface area contributed by atoms with Crippen molar-refractivity contribution in [3.8, 4) is 5.88 Å². The van der Waals surface area contributed by atoms with E-state index in [-0.39, 0.29) is 11.9 Å². The number of nitrogens with zero attached hydrogens (tertiary/aromatic N) is 3. The summed E-state index contributed by atoms with van der Waals surface area (Å²) in [6.45, 7) is 3.96. The van der Waals surface area contributed by atoms with Crippen molar-refractivity contribution >= 4 is 22.6 Å². The molecule has 1 saturated heterocycles. The van der Waals surface area contributed by atoms with E-state index in [4.69, 9.17) is 4.74 Å². The Morgan fingerprint density at radius 3 is 3.12 bits per heavy atom. The zero-order valence-electron chi connectivity index (χ0n) is 14.6. The van der Waals surface area contributed by atoms with Crippen molar-refractivity contribution in [3.63, 3.8) is 0 Å². The van der Waals surface area contributed by atoms with E-state index in [0.29, 0.717) is 24.6 Å². The van der Waals surface area contributed by atoms with Crippen molar-refractivity contribution in [2.24, 2.45) is 0 Å². The molecule has 1 amide bonds. The van der Waals surface area contributed by atoms with Gasteiger partial charge in [0.2, 0.25) is 0 Å². The third kappa shape index (κ3) is 3.20. The molecule has 0 saturated carbocycles. The highest BCUT2D eigenvalue weighted by Crippen LogP contribution is 2.26. The lowest BCUT2D eigenvalue weighted by atomic mass is 10.1. The summed E-state index contributed by atoms with van der Waals surface area (Å²) in [6.07, 6.45) is 6.02. The number of carbonyl (C=O) groups is 1. The van der Waals surface area contributed by atoms with Gasteiger partial charge in [0.1, 0.15) is 0 Å². The van der Waals surface area contributed by atoms with Gasteiger partial charge in [0.05, 0.1) is 6.61 Å². The third-order valence-corrected chi connectivity index (χ3v) is 4.57. The summed E-state index contributed by atoms with van der Waals surface area (Å²) in [5.74, 6) is 1.22. The van der Waals surface area contributed by atoms with E-state index in [1.807, 2.05) is 37.4 Å². The van der Waals surface area contributed by atoms with Crippen molar-refractivity contribution in [2.45, 2.75) is 19.4 Å². The number of aromatic amines is 1. The number of hydrogen-bond acceptors (Lipinski definition) is 5. The molecule has 3 aromatic rings. The van der Waals surface area contributed by atoms with Crippen molar-refractivity contribution in [2.75, 3.05) is 24.6 Å². The number of fused-ring (bicyclic) bond motifs is 1. The number of nitrogens with one attached hydrogen (secondary N) is 2. The van der Waals surface area contributed by atoms with Gasteiger partial charge in [-0.05, 0) is 36.9 Å². The number of hydrogen-bond donors (Lipinski definition) is 2. The molecule has 0 radical (unpaired) electrons. The van der Waals surface area contributed by atoms with Crippen LogP contribution in [0.25, 0.3) is 10.9 Å². The Morgan fingerprint density at radius 1 is 1.35 bits per heavy atom. The summed E-state index contributed by atoms with van der Waals surface area (Å²) in [4.78, 5) is 26.5. The van der Waals surface area contributed by atoms with Gasteiger partial charge in [-0.25, -0.2) is 9.97 Å². The molecule has 2 aromatic heterocycles. The molecular weight excluding hydrogens is 330 g/mol. The fraction of sp³-hybridized carbons (Fsp3) is 0.316. The Balaban J connectivity index is 1.43. The molecule has 0 aliphatic carbocycles. The molecule has 0 bridgehead atoms. The van der Waals surface area contributed by atoms with Gasteiger partial charge in [-0.1, -0.05) is 6.07 Å². The second-order valence-corrected chi connectivity index (χ2v) is 6.30. The molecule has 1 aromatic carbocycles. The smallest absolute Gasteiger partial charge is 0.257 e. The summed E-state index contributed by atoms with van der Waals surface area (Å²) in [7, 11) is 0. The fourth-order valence-electron chi connectivity index (χ4n) is 3.30. The lowest BCUT2D eigenvalue weighted by molar-refractivity contribution is 0.0940. The number of carbonyl (C=O) groups excluding carboxylic acids is 1. The maximum atomic E-state index is 12.6. The monoisotopic (exact) mass is 351 g/mol. The molecule has 134 valence electrons. The third-order valence-electron chi connectivity index (χ3n) is 4.57. The van der Waals surface area contributed by atoms with Crippen LogP contribution in [0, 0.1) is 0 Å². The SMILES string of the molecule is CCOc1nccnc1N1CC[C@H](NC(=O)c2ccc3cc[nH]c3c2)C1. The Kier molecular flexibility index (Phi) is 4.43. The minimum atomic E-state index is -0.0578. The second-order valence-electron chi connectivity index (χ2n) is 6.30. The van der Waals surface area contributed by atoms with Crippen molar-refractivity contribution in [1.29, 1.82) is 0 Å². The van der Waals surface area contributed by atoms with E-state index in [9.17, 15) is 4.79 Å². The number of amides is 1. The van der Waals surface area contributed by atoms with Crippen LogP contribution >= 0.6 is 0 Å². The molecule has 4 rings (SSSR count). The van der Waals surface area contributed by atoms with Crippen LogP contribution in [0.2, 0.25) is 0 Å². The Morgan fingerprint density at radius 2 is 2.23 bits per heavy atom. The Bertz CT molecular complexity index is 923. The van der Waals surface area contributed by atoms with E-state index in [1.165, 1.54) is 0 Å². The molecule has 3 heterocycles. The highest BCUT2D eigenvalue weighted by Gasteiger charge is 2.27. The first kappa shape index (κ1) is 16.4. The molecule has 2 N–H and O–H groups in total. The number of H-pyrrole nitrogens is 1. The quantitative estimate of drug-likeness (QED) is 0.737. The first-order valence-electron chi connectivity index (χ1n) is 8.81. The summed E-state index contributed by atoms with van der Waals surface area (Å²) in [6, 6.07) is 7.75. The van der Waals surface area contributed by atoms with Crippen LogP contribution in [0.3, 0.4) is 0 Å². The average molecular weight is 351 g/mol. The first-order chi connectivity index (χ1) is 12.7. The van der Waals surface area contributed by atoms with Crippen LogP contribution in [-0.2, 0) is 0 Å². The van der Waals surface area contributed by atoms with E-state index in [2.05, 4.69) is 25.2 Å². The molecule has 0 spiro atoms. The summed E-state index contributed by atoms with van der Waals surface area (Å²) in [5.41, 5.74) is 1.62. The number of ether oxygens (including phenoxy) is 1. The Labute approximate surface area is 151 Å². The lowest BCUT2D eigenvalue weighted by Gasteiger charge is -2.19. The van der Waals surface area contributed by atoms with Gasteiger partial charge in [0.15, 0.2) is 5.82 Å². The lowest BCUT2D eigenvalue weighted by Crippen LogP contribution is -2.37. The van der Waals surface area contributed by atoms with Crippen LogP contribution in [0.15, 0.2) is 42.9 Å². The van der Waals surface area contributed by atoms with E-state index >= 15 is 0 Å². The summed E-state index contributed by atoms with van der Waals surface area (Å²) in [5, 5.41) is 4.22. The molecule has 26 heavy (non-hydrogen) atoms. The number of benzene rings is 1. The molecule has 1 atom stereocenters. The van der Waals surface area contributed by atoms with Gasteiger partial charge in [-0.2, -0.15) is 0 Å². The zero-order chi connectivity index (χ0) is 17.9. The fourth-order valence-corrected chi connectivity index (χ4v) is 3.30. The van der Waals surface area contributed by atoms with E-state index in [0.717, 1.165) is 29.7 Å². The van der Waals surface area contributed by atoms with E-state index in [1.54, 1.807) is 12.4 Å². The van der Waals surface area contributed by atoms with E-state index < -0.39 is 0 Å². The minimum absolute atomic E-state index is 0.0578. The van der Waals surface area contributed by atoms with Gasteiger partial charge in [0, 0.05) is 48.8 Å². The van der Waals surface area contributed by atoms with Gasteiger partial charge >= 0.3 is 0 Å². The predicted molar refractivity (Wildman–Crippen MR) is 99.6 cm³/mol. The van der Waals surface area contributed by atoms with Crippen LogP contribution in [-0.4, -0.2) is 46.6 Å². The molecule has 7 heteroatoms. The van der Waals surface area contributed by atoms with Crippen LogP contribution in [0.1, 0.15) is 23.7 Å². The summed E-state index contributed by atoms with van der Waals surface area (Å²) >= 11 is 0. The number of rotatable bonds is 5. The van der Waals surface area contributed by atoms with Gasteiger partial charge < -0.3 is 19.9 Å². The van der Waals surface area contributed by atoms with Gasteiger partial charge in [-0.3, -0.25) is 4.79 Å². The average Bonchev–Trinajstić information content (AvgIpc) is 3.31. The topological polar surface area (TPSA) is 83.1 Å². The normalized spacial score (nSPS) is 16.8. The zero-order valence-corrected chi connectivity index (χ0v) is 14.6. The first-order valence-corrected chi connectivity index (χ1v) is 8.81. The molecule has 0 unspecified atom stereocenters. The standard InChI is InChI=1S/C19H21N5O2/c1-2-26-19-17(21-8-9-22-19)24-10-6-15(12-24)23-18(25)14-4-3-13-5-7-20-16(13)11-14/h3-5,7-9,11,15,20H,2,6,10,12H2,1H3,(H,23,25)/t15-/m0/s1. The van der Waals surface area contributed by atoms with Crippen LogP contribution < -0.4 is 15.0 Å². The molecule has 7 nitrogen and oxygen atoms in total. The highest BCUT2D eigenvalue weighted by atomic mass is 16.5. The van der Waals surface area contributed by atoms with Gasteiger partial charge in [-0.15, -0.1) is 0 Å². The number of aromatic nitrogens is 3. The van der Waals surface area contributed by atoms with Crippen LogP contribution in [0.5, 0.6) is 5.88 Å². The predicted octanol–water partition coefficient (Wildman–Crippen LogP) is 2.37. The summed E-state index contributed by atoms with van der Waals surface area (Å²) < 4.78 is 5.56. The molecule has 1 aliphatic rings. The molecule has 1 fully saturated rings. The molecular formula is C19H21N5O2. The maximum absolute atomic E-state index is 12.6. The Hall–Kier alpha value is -3.09. The van der Waals surface area contributed by atoms with Crippen molar-refractivity contribution in [3.05, 3.63) is 48.4 Å². The highest BCUT2D eigenvalue weighted by molar-refractivity contribution is 5.98. The van der Waals surface area contributed by atoms with Crippen molar-refractivity contribution in [1.82, 2.24) is 20.3 Å². The second kappa shape index (κ2) is 7.03. The van der Waals surface area contributed by atoms with Gasteiger partial charge in [0.25, 0.3) is 11.8 Å². The largest absolute Gasteiger partial charge is 0.475 e. The minimum Gasteiger partial charge on any atom is -0.475 e. The number of anilines is 1. The maximum Gasteiger partial charge on any atom is 0.257 e. The molecule has 1 aliphatic heterocycles.